The fraction of sp³-hybridized carbons (Fsp3) is 0.538. The Bertz CT molecular complexity index is 410. The maximum Gasteiger partial charge on any atom is 0.129 e. The highest BCUT2D eigenvalue weighted by Crippen LogP contribution is 2.41. The lowest BCUT2D eigenvalue weighted by molar-refractivity contribution is 0.133. The molecule has 0 saturated heterocycles. The topological polar surface area (TPSA) is 38.7 Å². The summed E-state index contributed by atoms with van der Waals surface area (Å²) in [4.78, 5) is 0. The molecule has 0 bridgehead atoms. The number of phenols is 1. The van der Waals surface area contributed by atoms with Crippen molar-refractivity contribution in [1.82, 2.24) is 0 Å². The van der Waals surface area contributed by atoms with E-state index in [-0.39, 0.29) is 0 Å². The molecule has 1 aliphatic heterocycles. The molecule has 0 spiro atoms. The summed E-state index contributed by atoms with van der Waals surface area (Å²) in [7, 11) is 1.66. The molecule has 3 nitrogen and oxygen atoms in total. The zero-order chi connectivity index (χ0) is 11.7. The zero-order valence-corrected chi connectivity index (χ0v) is 10.1. The fourth-order valence-electron chi connectivity index (χ4n) is 2.39. The van der Waals surface area contributed by atoms with Gasteiger partial charge in [0.05, 0.1) is 20.3 Å². The number of hydrogen-bond donors (Lipinski definition) is 1. The van der Waals surface area contributed by atoms with Crippen LogP contribution in [0, 0.1) is 6.92 Å². The van der Waals surface area contributed by atoms with Crippen LogP contribution >= 0.6 is 0 Å². The van der Waals surface area contributed by atoms with E-state index < -0.39 is 0 Å². The van der Waals surface area contributed by atoms with Gasteiger partial charge in [0, 0.05) is 11.1 Å². The van der Waals surface area contributed by atoms with E-state index in [0.29, 0.717) is 19.0 Å². The van der Waals surface area contributed by atoms with Gasteiger partial charge in [0.1, 0.15) is 11.5 Å². The summed E-state index contributed by atoms with van der Waals surface area (Å²) >= 11 is 0. The van der Waals surface area contributed by atoms with Crippen LogP contribution in [0.15, 0.2) is 0 Å². The van der Waals surface area contributed by atoms with Crippen LogP contribution in [0.2, 0.25) is 0 Å². The molecule has 88 valence electrons. The summed E-state index contributed by atoms with van der Waals surface area (Å²) in [5.41, 5.74) is 4.07. The van der Waals surface area contributed by atoms with Gasteiger partial charge >= 0.3 is 0 Å². The third kappa shape index (κ3) is 1.55. The molecule has 0 radical (unpaired) electrons. The van der Waals surface area contributed by atoms with Crippen LogP contribution in [0.3, 0.4) is 0 Å². The Morgan fingerprint density at radius 2 is 2.00 bits per heavy atom. The molecule has 0 amide bonds. The second-order valence-electron chi connectivity index (χ2n) is 4.19. The number of aromatic hydroxyl groups is 1. The molecule has 1 aromatic carbocycles. The maximum absolute atomic E-state index is 10.2. The summed E-state index contributed by atoms with van der Waals surface area (Å²) in [6.07, 6.45) is 1.83. The number of hydrogen-bond acceptors (Lipinski definition) is 3. The van der Waals surface area contributed by atoms with Crippen molar-refractivity contribution in [2.75, 3.05) is 7.11 Å². The number of ether oxygens (including phenoxy) is 2. The van der Waals surface area contributed by atoms with E-state index in [1.165, 1.54) is 0 Å². The normalized spacial score (nSPS) is 13.9. The van der Waals surface area contributed by atoms with Gasteiger partial charge in [-0.2, -0.15) is 0 Å². The van der Waals surface area contributed by atoms with Crippen LogP contribution in [-0.2, 0) is 24.4 Å². The molecule has 1 aromatic rings. The second-order valence-corrected chi connectivity index (χ2v) is 4.19. The monoisotopic (exact) mass is 222 g/mol. The van der Waals surface area contributed by atoms with Crippen molar-refractivity contribution in [3.63, 3.8) is 0 Å². The molecule has 1 heterocycles. The summed E-state index contributed by atoms with van der Waals surface area (Å²) < 4.78 is 10.8. The van der Waals surface area contributed by atoms with E-state index in [1.807, 2.05) is 6.92 Å². The van der Waals surface area contributed by atoms with E-state index in [0.717, 1.165) is 40.8 Å². The minimum atomic E-state index is 0.372. The SMILES string of the molecule is CCCc1c(O)c2c(c(C)c1OC)COC2. The van der Waals surface area contributed by atoms with E-state index in [1.54, 1.807) is 7.11 Å². The van der Waals surface area contributed by atoms with Gasteiger partial charge in [-0.15, -0.1) is 0 Å². The molecule has 0 aromatic heterocycles. The van der Waals surface area contributed by atoms with Gasteiger partial charge < -0.3 is 14.6 Å². The van der Waals surface area contributed by atoms with Crippen LogP contribution < -0.4 is 4.74 Å². The molecular formula is C13H18O3. The third-order valence-corrected chi connectivity index (χ3v) is 3.20. The van der Waals surface area contributed by atoms with Crippen LogP contribution in [-0.4, -0.2) is 12.2 Å². The average Bonchev–Trinajstić information content (AvgIpc) is 2.75. The molecule has 0 unspecified atom stereocenters. The standard InChI is InChI=1S/C13H18O3/c1-4-5-9-12(14)11-7-16-6-10(11)8(2)13(9)15-3/h14H,4-7H2,1-3H3. The van der Waals surface area contributed by atoms with Gasteiger partial charge in [0.15, 0.2) is 0 Å². The van der Waals surface area contributed by atoms with Gasteiger partial charge in [-0.05, 0) is 24.5 Å². The first-order chi connectivity index (χ1) is 7.70. The zero-order valence-electron chi connectivity index (χ0n) is 10.1. The van der Waals surface area contributed by atoms with Gasteiger partial charge in [-0.3, -0.25) is 0 Å². The summed E-state index contributed by atoms with van der Waals surface area (Å²) in [6.45, 7) is 5.23. The molecule has 0 saturated carbocycles. The van der Waals surface area contributed by atoms with Gasteiger partial charge in [0.25, 0.3) is 0 Å². The van der Waals surface area contributed by atoms with Crippen LogP contribution in [0.4, 0.5) is 0 Å². The Hall–Kier alpha value is -1.22. The number of methoxy groups -OCH3 is 1. The first kappa shape index (κ1) is 11.3. The number of phenolic OH excluding ortho intramolecular Hbond substituents is 1. The number of benzene rings is 1. The van der Waals surface area contributed by atoms with Crippen LogP contribution in [0.25, 0.3) is 0 Å². The van der Waals surface area contributed by atoms with Crippen LogP contribution in [0.1, 0.15) is 35.6 Å². The van der Waals surface area contributed by atoms with E-state index >= 15 is 0 Å². The Balaban J connectivity index is 2.63. The maximum atomic E-state index is 10.2. The summed E-state index contributed by atoms with van der Waals surface area (Å²) in [5.74, 6) is 1.19. The lowest BCUT2D eigenvalue weighted by Crippen LogP contribution is -2.01. The molecule has 0 atom stereocenters. The Kier molecular flexibility index (Phi) is 3.06. The molecule has 2 rings (SSSR count). The van der Waals surface area contributed by atoms with Gasteiger partial charge in [-0.25, -0.2) is 0 Å². The largest absolute Gasteiger partial charge is 0.507 e. The summed E-state index contributed by atoms with van der Waals surface area (Å²) in [6, 6.07) is 0. The fourth-order valence-corrected chi connectivity index (χ4v) is 2.39. The number of fused-ring (bicyclic) bond motifs is 1. The molecule has 1 aliphatic rings. The lowest BCUT2D eigenvalue weighted by atomic mass is 9.95. The quantitative estimate of drug-likeness (QED) is 0.854. The molecule has 1 N–H and O–H groups in total. The van der Waals surface area contributed by atoms with Crippen molar-refractivity contribution in [3.05, 3.63) is 22.3 Å². The number of rotatable bonds is 3. The molecular weight excluding hydrogens is 204 g/mol. The minimum Gasteiger partial charge on any atom is -0.507 e. The predicted octanol–water partition coefficient (Wildman–Crippen LogP) is 2.69. The Morgan fingerprint density at radius 3 is 2.62 bits per heavy atom. The van der Waals surface area contributed by atoms with Crippen molar-refractivity contribution in [2.45, 2.75) is 39.9 Å². The van der Waals surface area contributed by atoms with Gasteiger partial charge in [0.2, 0.25) is 0 Å². The van der Waals surface area contributed by atoms with Crippen LogP contribution in [0.5, 0.6) is 11.5 Å². The van der Waals surface area contributed by atoms with Crippen molar-refractivity contribution >= 4 is 0 Å². The Labute approximate surface area is 96.0 Å². The Morgan fingerprint density at radius 1 is 1.31 bits per heavy atom. The molecule has 3 heteroatoms. The lowest BCUT2D eigenvalue weighted by Gasteiger charge is -2.16. The third-order valence-electron chi connectivity index (χ3n) is 3.20. The summed E-state index contributed by atoms with van der Waals surface area (Å²) in [5, 5.41) is 10.2. The highest BCUT2D eigenvalue weighted by molar-refractivity contribution is 5.59. The average molecular weight is 222 g/mol. The minimum absolute atomic E-state index is 0.372. The van der Waals surface area contributed by atoms with Crippen molar-refractivity contribution in [1.29, 1.82) is 0 Å². The van der Waals surface area contributed by atoms with Crippen molar-refractivity contribution < 1.29 is 14.6 Å². The smallest absolute Gasteiger partial charge is 0.129 e. The van der Waals surface area contributed by atoms with E-state index in [4.69, 9.17) is 9.47 Å². The van der Waals surface area contributed by atoms with Crippen molar-refractivity contribution in [3.8, 4) is 11.5 Å². The highest BCUT2D eigenvalue weighted by atomic mass is 16.5. The van der Waals surface area contributed by atoms with E-state index in [2.05, 4.69) is 6.92 Å². The second kappa shape index (κ2) is 4.34. The molecule has 0 fully saturated rings. The first-order valence-corrected chi connectivity index (χ1v) is 5.68. The predicted molar refractivity (Wildman–Crippen MR) is 61.9 cm³/mol. The first-order valence-electron chi connectivity index (χ1n) is 5.68. The molecule has 16 heavy (non-hydrogen) atoms. The molecule has 0 aliphatic carbocycles. The van der Waals surface area contributed by atoms with Gasteiger partial charge in [-0.1, -0.05) is 13.3 Å². The van der Waals surface area contributed by atoms with Crippen molar-refractivity contribution in [2.24, 2.45) is 0 Å². The van der Waals surface area contributed by atoms with E-state index in [9.17, 15) is 5.11 Å². The highest BCUT2D eigenvalue weighted by Gasteiger charge is 2.25.